The highest BCUT2D eigenvalue weighted by Gasteiger charge is 2.28. The van der Waals surface area contributed by atoms with Crippen LogP contribution in [0.2, 0.25) is 0 Å². The van der Waals surface area contributed by atoms with Crippen LogP contribution in [0.15, 0.2) is 46.0 Å². The number of thiophene rings is 1. The maximum atomic E-state index is 13.8. The highest BCUT2D eigenvalue weighted by Crippen LogP contribution is 2.34. The van der Waals surface area contributed by atoms with Gasteiger partial charge < -0.3 is 10.5 Å². The van der Waals surface area contributed by atoms with E-state index in [0.29, 0.717) is 10.8 Å². The van der Waals surface area contributed by atoms with Crippen molar-refractivity contribution in [3.8, 4) is 0 Å². The molecule has 0 saturated heterocycles. The number of rotatable bonds is 7. The van der Waals surface area contributed by atoms with Crippen LogP contribution in [0.1, 0.15) is 39.0 Å². The predicted molar refractivity (Wildman–Crippen MR) is 130 cm³/mol. The number of hydrogen-bond acceptors (Lipinski definition) is 6. The summed E-state index contributed by atoms with van der Waals surface area (Å²) in [5.74, 6) is 0.221. The number of ether oxygens (including phenoxy) is 1. The van der Waals surface area contributed by atoms with Gasteiger partial charge in [0.25, 0.3) is 11.5 Å². The molecule has 0 saturated carbocycles. The average molecular weight is 469 g/mol. The summed E-state index contributed by atoms with van der Waals surface area (Å²) in [7, 11) is 1.51. The summed E-state index contributed by atoms with van der Waals surface area (Å²) < 4.78 is 6.30. The van der Waals surface area contributed by atoms with E-state index in [4.69, 9.17) is 10.5 Å². The molecule has 3 N–H and O–H groups in total. The highest BCUT2D eigenvalue weighted by atomic mass is 32.1. The molecular formula is C24H28N4O4S. The van der Waals surface area contributed by atoms with Crippen LogP contribution < -0.4 is 21.9 Å². The fraction of sp³-hybridized carbons (Fsp3) is 0.375. The van der Waals surface area contributed by atoms with Gasteiger partial charge in [-0.2, -0.15) is 0 Å². The number of methoxy groups -OCH3 is 1. The van der Waals surface area contributed by atoms with Crippen LogP contribution in [0.25, 0.3) is 0 Å². The van der Waals surface area contributed by atoms with Gasteiger partial charge >= 0.3 is 5.69 Å². The highest BCUT2D eigenvalue weighted by molar-refractivity contribution is 7.14. The van der Waals surface area contributed by atoms with Crippen LogP contribution in [0.5, 0.6) is 0 Å². The number of amides is 1. The lowest BCUT2D eigenvalue weighted by molar-refractivity contribution is 0.0988. The van der Waals surface area contributed by atoms with Crippen LogP contribution in [0.4, 0.5) is 11.5 Å². The van der Waals surface area contributed by atoms with Gasteiger partial charge in [-0.05, 0) is 42.4 Å². The molecular weight excluding hydrogens is 440 g/mol. The lowest BCUT2D eigenvalue weighted by Gasteiger charge is -2.24. The fourth-order valence-corrected chi connectivity index (χ4v) is 5.36. The zero-order valence-electron chi connectivity index (χ0n) is 18.8. The van der Waals surface area contributed by atoms with Crippen LogP contribution >= 0.6 is 11.3 Å². The number of anilines is 2. The summed E-state index contributed by atoms with van der Waals surface area (Å²) in [6, 6.07) is 11.3. The summed E-state index contributed by atoms with van der Waals surface area (Å²) in [6.45, 7) is 2.75. The molecule has 0 fully saturated rings. The number of carbonyl (C=O) groups is 1. The molecule has 1 unspecified atom stereocenters. The first-order valence-corrected chi connectivity index (χ1v) is 11.8. The Balaban J connectivity index is 1.80. The molecule has 8 nitrogen and oxygen atoms in total. The van der Waals surface area contributed by atoms with Crippen molar-refractivity contribution in [3.63, 3.8) is 0 Å². The normalized spacial score (nSPS) is 15.3. The first-order valence-electron chi connectivity index (χ1n) is 11.0. The molecule has 0 bridgehead atoms. The number of H-pyrrole nitrogens is 1. The minimum atomic E-state index is -0.689. The molecule has 1 aliphatic rings. The molecule has 2 heterocycles. The van der Waals surface area contributed by atoms with Crippen molar-refractivity contribution in [1.29, 1.82) is 0 Å². The Labute approximate surface area is 195 Å². The maximum absolute atomic E-state index is 13.8. The molecule has 1 aromatic carbocycles. The van der Waals surface area contributed by atoms with E-state index in [2.05, 4.69) is 11.9 Å². The van der Waals surface area contributed by atoms with E-state index in [9.17, 15) is 14.4 Å². The fourth-order valence-electron chi connectivity index (χ4n) is 4.21. The van der Waals surface area contributed by atoms with E-state index in [1.165, 1.54) is 38.4 Å². The van der Waals surface area contributed by atoms with Crippen LogP contribution in [-0.4, -0.2) is 29.2 Å². The van der Waals surface area contributed by atoms with Crippen molar-refractivity contribution in [2.45, 2.75) is 39.3 Å². The van der Waals surface area contributed by atoms with Gasteiger partial charge in [0.2, 0.25) is 0 Å². The predicted octanol–water partition coefficient (Wildman–Crippen LogP) is 2.80. The van der Waals surface area contributed by atoms with Crippen molar-refractivity contribution in [3.05, 3.63) is 78.1 Å². The number of benzene rings is 1. The van der Waals surface area contributed by atoms with Gasteiger partial charge in [0.15, 0.2) is 5.69 Å². The minimum absolute atomic E-state index is 0.0284. The summed E-state index contributed by atoms with van der Waals surface area (Å²) in [5, 5.41) is 0. The number of nitrogens with zero attached hydrogens (tertiary/aromatic N) is 2. The molecule has 3 aromatic rings. The van der Waals surface area contributed by atoms with Crippen molar-refractivity contribution >= 4 is 28.7 Å². The van der Waals surface area contributed by atoms with Crippen molar-refractivity contribution in [1.82, 2.24) is 9.55 Å². The second kappa shape index (κ2) is 9.76. The molecule has 0 spiro atoms. The summed E-state index contributed by atoms with van der Waals surface area (Å²) >= 11 is 1.48. The average Bonchev–Trinajstić information content (AvgIpc) is 3.21. The maximum Gasteiger partial charge on any atom is 0.330 e. The molecule has 33 heavy (non-hydrogen) atoms. The number of hydrogen-bond donors (Lipinski definition) is 2. The number of nitrogen functional groups attached to an aromatic ring is 1. The topological polar surface area (TPSA) is 110 Å². The first-order chi connectivity index (χ1) is 15.9. The number of fused-ring (bicyclic) bond motifs is 1. The Morgan fingerprint density at radius 3 is 2.79 bits per heavy atom. The largest absolute Gasteiger partial charge is 0.383 e. The third-order valence-corrected chi connectivity index (χ3v) is 7.20. The summed E-state index contributed by atoms with van der Waals surface area (Å²) in [6.07, 6.45) is 3.01. The number of aromatic amines is 1. The number of carbonyl (C=O) groups excluding carboxylic acids is 1. The SMILES string of the molecule is COCCn1c(N)c(N(Cc2ccccc2)C(=O)c2cc3c(s2)CCC(C)C3)c(=O)[nH]c1=O. The molecule has 0 radical (unpaired) electrons. The Morgan fingerprint density at radius 1 is 1.30 bits per heavy atom. The molecule has 1 amide bonds. The van der Waals surface area contributed by atoms with Gasteiger partial charge in [-0.3, -0.25) is 24.0 Å². The van der Waals surface area contributed by atoms with Gasteiger partial charge in [-0.15, -0.1) is 11.3 Å². The number of aromatic nitrogens is 2. The molecule has 1 atom stereocenters. The van der Waals surface area contributed by atoms with Gasteiger partial charge in [-0.1, -0.05) is 37.3 Å². The third-order valence-electron chi connectivity index (χ3n) is 5.97. The van der Waals surface area contributed by atoms with Gasteiger partial charge in [-0.25, -0.2) is 4.79 Å². The molecule has 9 heteroatoms. The Morgan fingerprint density at radius 2 is 2.06 bits per heavy atom. The zero-order valence-corrected chi connectivity index (χ0v) is 19.6. The van der Waals surface area contributed by atoms with Crippen LogP contribution in [-0.2, 0) is 30.7 Å². The molecule has 0 aliphatic heterocycles. The van der Waals surface area contributed by atoms with Gasteiger partial charge in [0.05, 0.1) is 24.6 Å². The van der Waals surface area contributed by atoms with Gasteiger partial charge in [0, 0.05) is 12.0 Å². The first kappa shape index (κ1) is 23.0. The van der Waals surface area contributed by atoms with E-state index >= 15 is 0 Å². The minimum Gasteiger partial charge on any atom is -0.383 e. The quantitative estimate of drug-likeness (QED) is 0.554. The summed E-state index contributed by atoms with van der Waals surface area (Å²) in [5.41, 5.74) is 7.00. The Kier molecular flexibility index (Phi) is 6.80. The van der Waals surface area contributed by atoms with Crippen molar-refractivity contribution in [2.75, 3.05) is 24.4 Å². The molecule has 1 aliphatic carbocycles. The zero-order chi connectivity index (χ0) is 23.5. The van der Waals surface area contributed by atoms with Crippen LogP contribution in [0.3, 0.4) is 0 Å². The van der Waals surface area contributed by atoms with Crippen molar-refractivity contribution in [2.24, 2.45) is 5.92 Å². The molecule has 2 aromatic heterocycles. The standard InChI is InChI=1S/C24H28N4O4S/c1-15-8-9-18-17(12-15)13-19(33-18)23(30)28(14-16-6-4-3-5-7-16)20-21(25)27(10-11-32-2)24(31)26-22(20)29/h3-7,13,15H,8-12,14,25H2,1-2H3,(H,26,29,31). The molecule has 4 rings (SSSR count). The third kappa shape index (κ3) is 4.79. The van der Waals surface area contributed by atoms with Gasteiger partial charge in [0.1, 0.15) is 5.82 Å². The second-order valence-electron chi connectivity index (χ2n) is 8.42. The number of nitrogens with one attached hydrogen (secondary N) is 1. The Hall–Kier alpha value is -3.17. The van der Waals surface area contributed by atoms with E-state index in [1.807, 2.05) is 36.4 Å². The second-order valence-corrected chi connectivity index (χ2v) is 9.56. The van der Waals surface area contributed by atoms with Crippen molar-refractivity contribution < 1.29 is 9.53 Å². The van der Waals surface area contributed by atoms with E-state index in [-0.39, 0.29) is 37.1 Å². The smallest absolute Gasteiger partial charge is 0.330 e. The lowest BCUT2D eigenvalue weighted by atomic mass is 9.90. The summed E-state index contributed by atoms with van der Waals surface area (Å²) in [4.78, 5) is 44.6. The lowest BCUT2D eigenvalue weighted by Crippen LogP contribution is -2.41. The van der Waals surface area contributed by atoms with Crippen LogP contribution in [0, 0.1) is 5.92 Å². The Bertz CT molecular complexity index is 1260. The van der Waals surface area contributed by atoms with E-state index in [1.54, 1.807) is 0 Å². The monoisotopic (exact) mass is 468 g/mol. The van der Waals surface area contributed by atoms with E-state index < -0.39 is 11.2 Å². The number of aryl methyl sites for hydroxylation is 1. The number of nitrogens with two attached hydrogens (primary N) is 1. The van der Waals surface area contributed by atoms with E-state index in [0.717, 1.165) is 24.8 Å². The molecule has 174 valence electrons.